The molecular formula is C20H25N3O. The Morgan fingerprint density at radius 2 is 1.92 bits per heavy atom. The molecule has 0 N–H and O–H groups in total. The van der Waals surface area contributed by atoms with Crippen LogP contribution in [-0.2, 0) is 6.42 Å². The zero-order valence-electron chi connectivity index (χ0n) is 14.3. The van der Waals surface area contributed by atoms with Gasteiger partial charge in [0.05, 0.1) is 5.56 Å². The number of nitrogens with zero attached hydrogens (tertiary/aromatic N) is 3. The van der Waals surface area contributed by atoms with E-state index in [2.05, 4.69) is 47.3 Å². The molecule has 0 spiro atoms. The van der Waals surface area contributed by atoms with Crippen LogP contribution in [-0.4, -0.2) is 53.4 Å². The molecule has 4 nitrogen and oxygen atoms in total. The van der Waals surface area contributed by atoms with Gasteiger partial charge in [0.15, 0.2) is 0 Å². The highest BCUT2D eigenvalue weighted by molar-refractivity contribution is 5.93. The van der Waals surface area contributed by atoms with Gasteiger partial charge in [-0.05, 0) is 44.0 Å². The van der Waals surface area contributed by atoms with Gasteiger partial charge in [0.25, 0.3) is 5.91 Å². The molecule has 1 aliphatic heterocycles. The smallest absolute Gasteiger partial charge is 0.255 e. The van der Waals surface area contributed by atoms with Crippen molar-refractivity contribution in [1.82, 2.24) is 14.8 Å². The zero-order valence-corrected chi connectivity index (χ0v) is 14.3. The summed E-state index contributed by atoms with van der Waals surface area (Å²) < 4.78 is 0. The first-order valence-corrected chi connectivity index (χ1v) is 8.67. The molecule has 4 heteroatoms. The molecule has 1 aromatic carbocycles. The van der Waals surface area contributed by atoms with E-state index in [4.69, 9.17) is 0 Å². The standard InChI is InChI=1S/C20H25N3O/c1-22(13-9-17-6-3-2-4-7-17)19-10-14-23(15-11-19)20(24)18-8-5-12-21-16-18/h2-8,12,16,19H,9-11,13-15H2,1H3. The summed E-state index contributed by atoms with van der Waals surface area (Å²) in [6, 6.07) is 14.8. The predicted octanol–water partition coefficient (Wildman–Crippen LogP) is 2.86. The van der Waals surface area contributed by atoms with Crippen molar-refractivity contribution in [3.63, 3.8) is 0 Å². The first-order chi connectivity index (χ1) is 11.7. The average molecular weight is 323 g/mol. The lowest BCUT2D eigenvalue weighted by Crippen LogP contribution is -2.46. The van der Waals surface area contributed by atoms with Gasteiger partial charge in [-0.25, -0.2) is 0 Å². The largest absolute Gasteiger partial charge is 0.338 e. The summed E-state index contributed by atoms with van der Waals surface area (Å²) >= 11 is 0. The number of likely N-dealkylation sites (N-methyl/N-ethyl adjacent to an activating group) is 1. The third-order valence-electron chi connectivity index (χ3n) is 4.88. The summed E-state index contributed by atoms with van der Waals surface area (Å²) in [5.41, 5.74) is 2.07. The summed E-state index contributed by atoms with van der Waals surface area (Å²) in [6.07, 6.45) is 6.51. The monoisotopic (exact) mass is 323 g/mol. The zero-order chi connectivity index (χ0) is 16.8. The molecule has 0 saturated carbocycles. The molecular weight excluding hydrogens is 298 g/mol. The minimum absolute atomic E-state index is 0.105. The van der Waals surface area contributed by atoms with Crippen LogP contribution in [0.5, 0.6) is 0 Å². The minimum atomic E-state index is 0.105. The van der Waals surface area contributed by atoms with Crippen molar-refractivity contribution in [2.45, 2.75) is 25.3 Å². The summed E-state index contributed by atoms with van der Waals surface area (Å²) in [4.78, 5) is 20.9. The number of carbonyl (C=O) groups is 1. The fourth-order valence-corrected chi connectivity index (χ4v) is 3.31. The molecule has 1 aromatic heterocycles. The van der Waals surface area contributed by atoms with E-state index in [1.165, 1.54) is 5.56 Å². The van der Waals surface area contributed by atoms with Gasteiger partial charge >= 0.3 is 0 Å². The Hall–Kier alpha value is -2.20. The molecule has 1 fully saturated rings. The SMILES string of the molecule is CN(CCc1ccccc1)C1CCN(C(=O)c2cccnc2)CC1. The van der Waals surface area contributed by atoms with Crippen LogP contribution in [0, 0.1) is 0 Å². The van der Waals surface area contributed by atoms with Crippen molar-refractivity contribution >= 4 is 5.91 Å². The van der Waals surface area contributed by atoms with Crippen LogP contribution in [0.15, 0.2) is 54.9 Å². The van der Waals surface area contributed by atoms with E-state index in [9.17, 15) is 4.79 Å². The quantitative estimate of drug-likeness (QED) is 0.849. The molecule has 1 aliphatic rings. The van der Waals surface area contributed by atoms with Gasteiger partial charge < -0.3 is 9.80 Å². The summed E-state index contributed by atoms with van der Waals surface area (Å²) in [5.74, 6) is 0.105. The highest BCUT2D eigenvalue weighted by Gasteiger charge is 2.25. The van der Waals surface area contributed by atoms with Gasteiger partial charge in [-0.15, -0.1) is 0 Å². The van der Waals surface area contributed by atoms with Gasteiger partial charge in [0.1, 0.15) is 0 Å². The number of aromatic nitrogens is 1. The Morgan fingerprint density at radius 3 is 2.58 bits per heavy atom. The Morgan fingerprint density at radius 1 is 1.17 bits per heavy atom. The van der Waals surface area contributed by atoms with E-state index in [0.717, 1.165) is 38.9 Å². The fourth-order valence-electron chi connectivity index (χ4n) is 3.31. The Bertz CT molecular complexity index is 636. The second-order valence-corrected chi connectivity index (χ2v) is 6.48. The van der Waals surface area contributed by atoms with Crippen LogP contribution in [0.1, 0.15) is 28.8 Å². The van der Waals surface area contributed by atoms with Gasteiger partial charge in [-0.3, -0.25) is 9.78 Å². The summed E-state index contributed by atoms with van der Waals surface area (Å²) in [6.45, 7) is 2.72. The number of hydrogen-bond acceptors (Lipinski definition) is 3. The molecule has 126 valence electrons. The number of carbonyl (C=O) groups excluding carboxylic acids is 1. The van der Waals surface area contributed by atoms with Crippen LogP contribution < -0.4 is 0 Å². The van der Waals surface area contributed by atoms with Crippen LogP contribution in [0.25, 0.3) is 0 Å². The lowest BCUT2D eigenvalue weighted by atomic mass is 10.0. The number of piperidine rings is 1. The maximum absolute atomic E-state index is 12.5. The molecule has 0 radical (unpaired) electrons. The first kappa shape index (κ1) is 16.7. The molecule has 0 bridgehead atoms. The average Bonchev–Trinajstić information content (AvgIpc) is 2.67. The van der Waals surface area contributed by atoms with Crippen molar-refractivity contribution < 1.29 is 4.79 Å². The number of pyridine rings is 1. The Kier molecular flexibility index (Phi) is 5.59. The molecule has 2 heterocycles. The third-order valence-corrected chi connectivity index (χ3v) is 4.88. The van der Waals surface area contributed by atoms with E-state index in [0.29, 0.717) is 11.6 Å². The van der Waals surface area contributed by atoms with E-state index >= 15 is 0 Å². The van der Waals surface area contributed by atoms with Crippen molar-refractivity contribution in [3.05, 3.63) is 66.0 Å². The first-order valence-electron chi connectivity index (χ1n) is 8.67. The van der Waals surface area contributed by atoms with E-state index in [1.54, 1.807) is 12.4 Å². The number of hydrogen-bond donors (Lipinski definition) is 0. The van der Waals surface area contributed by atoms with Gasteiger partial charge in [0.2, 0.25) is 0 Å². The van der Waals surface area contributed by atoms with E-state index in [1.807, 2.05) is 17.0 Å². The van der Waals surface area contributed by atoms with E-state index < -0.39 is 0 Å². The van der Waals surface area contributed by atoms with Crippen molar-refractivity contribution in [3.8, 4) is 0 Å². The number of amides is 1. The highest BCUT2D eigenvalue weighted by atomic mass is 16.2. The maximum Gasteiger partial charge on any atom is 0.255 e. The molecule has 24 heavy (non-hydrogen) atoms. The lowest BCUT2D eigenvalue weighted by molar-refractivity contribution is 0.0646. The Labute approximate surface area is 144 Å². The van der Waals surface area contributed by atoms with Crippen LogP contribution in [0.2, 0.25) is 0 Å². The molecule has 3 rings (SSSR count). The van der Waals surface area contributed by atoms with Crippen LogP contribution >= 0.6 is 0 Å². The van der Waals surface area contributed by atoms with Crippen molar-refractivity contribution in [2.75, 3.05) is 26.7 Å². The number of rotatable bonds is 5. The molecule has 0 atom stereocenters. The van der Waals surface area contributed by atoms with Crippen LogP contribution in [0.4, 0.5) is 0 Å². The molecule has 1 saturated heterocycles. The Balaban J connectivity index is 1.47. The topological polar surface area (TPSA) is 36.4 Å². The summed E-state index contributed by atoms with van der Waals surface area (Å²) in [7, 11) is 2.20. The molecule has 0 aliphatic carbocycles. The fraction of sp³-hybridized carbons (Fsp3) is 0.400. The molecule has 2 aromatic rings. The lowest BCUT2D eigenvalue weighted by Gasteiger charge is -2.36. The minimum Gasteiger partial charge on any atom is -0.338 e. The number of benzene rings is 1. The van der Waals surface area contributed by atoms with Gasteiger partial charge in [0, 0.05) is 38.1 Å². The van der Waals surface area contributed by atoms with Crippen molar-refractivity contribution in [2.24, 2.45) is 0 Å². The van der Waals surface area contributed by atoms with Gasteiger partial charge in [-0.2, -0.15) is 0 Å². The molecule has 0 unspecified atom stereocenters. The highest BCUT2D eigenvalue weighted by Crippen LogP contribution is 2.18. The van der Waals surface area contributed by atoms with Gasteiger partial charge in [-0.1, -0.05) is 30.3 Å². The van der Waals surface area contributed by atoms with E-state index in [-0.39, 0.29) is 5.91 Å². The summed E-state index contributed by atoms with van der Waals surface area (Å²) in [5, 5.41) is 0. The van der Waals surface area contributed by atoms with Crippen molar-refractivity contribution in [1.29, 1.82) is 0 Å². The molecule has 1 amide bonds. The second kappa shape index (κ2) is 8.06. The van der Waals surface area contributed by atoms with Crippen LogP contribution in [0.3, 0.4) is 0 Å². The normalized spacial score (nSPS) is 15.7. The number of likely N-dealkylation sites (tertiary alicyclic amines) is 1. The maximum atomic E-state index is 12.5. The second-order valence-electron chi connectivity index (χ2n) is 6.48. The predicted molar refractivity (Wildman–Crippen MR) is 95.9 cm³/mol. The third kappa shape index (κ3) is 4.20.